The van der Waals surface area contributed by atoms with Gasteiger partial charge in [0.05, 0.1) is 15.6 Å². The molecule has 1 aliphatic rings. The minimum atomic E-state index is -0.414. The lowest BCUT2D eigenvalue weighted by Crippen LogP contribution is -1.99. The van der Waals surface area contributed by atoms with Crippen LogP contribution in [0.15, 0.2) is 63.2 Å². The van der Waals surface area contributed by atoms with Crippen LogP contribution in [-0.4, -0.2) is 16.6 Å². The lowest BCUT2D eigenvalue weighted by Gasteiger charge is -1.98. The van der Waals surface area contributed by atoms with Crippen molar-refractivity contribution < 1.29 is 18.4 Å². The SMILES string of the molecule is O=C1C(=Cc2cc3oc(-c4cccnc4)cc3o2)C(=O)c2cc(Cl)c(Cl)cc21. The molecule has 5 rings (SSSR count). The number of rotatable bonds is 2. The van der Waals surface area contributed by atoms with Crippen molar-refractivity contribution in [1.82, 2.24) is 4.98 Å². The zero-order valence-corrected chi connectivity index (χ0v) is 15.5. The second-order valence-corrected chi connectivity index (χ2v) is 7.07. The highest BCUT2D eigenvalue weighted by Gasteiger charge is 2.34. The number of carbonyl (C=O) groups is 2. The van der Waals surface area contributed by atoms with Crippen LogP contribution in [0.4, 0.5) is 0 Å². The van der Waals surface area contributed by atoms with E-state index in [1.165, 1.54) is 18.2 Å². The van der Waals surface area contributed by atoms with Gasteiger partial charge >= 0.3 is 0 Å². The van der Waals surface area contributed by atoms with Gasteiger partial charge in [-0.3, -0.25) is 14.6 Å². The quantitative estimate of drug-likeness (QED) is 0.306. The Hall–Kier alpha value is -3.15. The van der Waals surface area contributed by atoms with Gasteiger partial charge in [0.15, 0.2) is 22.7 Å². The molecule has 3 heterocycles. The smallest absolute Gasteiger partial charge is 0.197 e. The van der Waals surface area contributed by atoms with Crippen molar-refractivity contribution in [2.24, 2.45) is 0 Å². The molecule has 0 N–H and O–H groups in total. The van der Waals surface area contributed by atoms with E-state index in [2.05, 4.69) is 4.98 Å². The molecule has 0 bridgehead atoms. The predicted octanol–water partition coefficient (Wildman–Crippen LogP) is 5.86. The number of hydrogen-bond acceptors (Lipinski definition) is 5. The van der Waals surface area contributed by atoms with E-state index in [1.807, 2.05) is 12.1 Å². The van der Waals surface area contributed by atoms with E-state index in [9.17, 15) is 9.59 Å². The number of halogens is 2. The van der Waals surface area contributed by atoms with Crippen LogP contribution in [0.5, 0.6) is 0 Å². The first-order chi connectivity index (χ1) is 13.5. The third-order valence-corrected chi connectivity index (χ3v) is 5.22. The van der Waals surface area contributed by atoms with Crippen molar-refractivity contribution >= 4 is 52.0 Å². The summed E-state index contributed by atoms with van der Waals surface area (Å²) in [4.78, 5) is 29.3. The number of benzene rings is 1. The van der Waals surface area contributed by atoms with Crippen LogP contribution in [-0.2, 0) is 0 Å². The summed E-state index contributed by atoms with van der Waals surface area (Å²) in [5.41, 5.74) is 2.30. The fourth-order valence-electron chi connectivity index (χ4n) is 3.17. The lowest BCUT2D eigenvalue weighted by molar-refractivity contribution is 0.0990. The van der Waals surface area contributed by atoms with Gasteiger partial charge in [0.1, 0.15) is 11.5 Å². The van der Waals surface area contributed by atoms with Crippen LogP contribution in [0.3, 0.4) is 0 Å². The number of furan rings is 2. The van der Waals surface area contributed by atoms with E-state index in [1.54, 1.807) is 24.5 Å². The highest BCUT2D eigenvalue weighted by molar-refractivity contribution is 6.46. The number of Topliss-reactive ketones (excluding diaryl/α,β-unsaturated/α-hetero) is 2. The van der Waals surface area contributed by atoms with Crippen LogP contribution >= 0.6 is 23.2 Å². The van der Waals surface area contributed by atoms with Crippen LogP contribution in [0.2, 0.25) is 10.0 Å². The number of hydrogen-bond donors (Lipinski definition) is 0. The third-order valence-electron chi connectivity index (χ3n) is 4.50. The van der Waals surface area contributed by atoms with Gasteiger partial charge in [-0.05, 0) is 30.3 Å². The van der Waals surface area contributed by atoms with Crippen molar-refractivity contribution in [3.05, 3.63) is 81.3 Å². The van der Waals surface area contributed by atoms with Gasteiger partial charge in [0, 0.05) is 41.2 Å². The maximum Gasteiger partial charge on any atom is 0.197 e. The first kappa shape index (κ1) is 17.0. The number of fused-ring (bicyclic) bond motifs is 2. The predicted molar refractivity (Wildman–Crippen MR) is 105 cm³/mol. The van der Waals surface area contributed by atoms with Gasteiger partial charge in [0.2, 0.25) is 0 Å². The lowest BCUT2D eigenvalue weighted by atomic mass is 10.1. The molecule has 0 aliphatic heterocycles. The summed E-state index contributed by atoms with van der Waals surface area (Å²) >= 11 is 11.9. The largest absolute Gasteiger partial charge is 0.453 e. The van der Waals surface area contributed by atoms with Crippen LogP contribution in [0.1, 0.15) is 26.5 Å². The van der Waals surface area contributed by atoms with Gasteiger partial charge in [-0.2, -0.15) is 0 Å². The summed E-state index contributed by atoms with van der Waals surface area (Å²) in [6, 6.07) is 9.87. The fraction of sp³-hybridized carbons (Fsp3) is 0. The molecule has 28 heavy (non-hydrogen) atoms. The van der Waals surface area contributed by atoms with E-state index in [-0.39, 0.29) is 26.7 Å². The summed E-state index contributed by atoms with van der Waals surface area (Å²) in [7, 11) is 0. The van der Waals surface area contributed by atoms with E-state index >= 15 is 0 Å². The van der Waals surface area contributed by atoms with Crippen LogP contribution in [0.25, 0.3) is 28.6 Å². The second-order valence-electron chi connectivity index (χ2n) is 6.26. The van der Waals surface area contributed by atoms with Crippen molar-refractivity contribution in [3.8, 4) is 11.3 Å². The molecule has 3 aromatic heterocycles. The zero-order chi connectivity index (χ0) is 19.4. The first-order valence-corrected chi connectivity index (χ1v) is 9.01. The Kier molecular flexibility index (Phi) is 3.75. The number of pyridine rings is 1. The molecule has 0 amide bonds. The molecule has 1 aromatic carbocycles. The Labute approximate surface area is 168 Å². The van der Waals surface area contributed by atoms with Crippen LogP contribution < -0.4 is 0 Å². The molecule has 5 nitrogen and oxygen atoms in total. The van der Waals surface area contributed by atoms with Gasteiger partial charge in [0.25, 0.3) is 0 Å². The molecule has 1 aliphatic carbocycles. The number of nitrogens with zero attached hydrogens (tertiary/aromatic N) is 1. The molecular formula is C21H9Cl2NO4. The minimum Gasteiger partial charge on any atom is -0.453 e. The Balaban J connectivity index is 1.53. The molecule has 0 fully saturated rings. The number of carbonyl (C=O) groups excluding carboxylic acids is 2. The summed E-state index contributed by atoms with van der Waals surface area (Å²) in [5.74, 6) is 0.129. The molecule has 0 unspecified atom stereocenters. The van der Waals surface area contributed by atoms with E-state index in [0.29, 0.717) is 22.7 Å². The number of ketones is 2. The number of allylic oxidation sites excluding steroid dienone is 1. The first-order valence-electron chi connectivity index (χ1n) is 8.25. The summed E-state index contributed by atoms with van der Waals surface area (Å²) in [6.07, 6.45) is 4.77. The fourth-order valence-corrected chi connectivity index (χ4v) is 3.49. The molecule has 7 heteroatoms. The molecule has 0 radical (unpaired) electrons. The molecule has 0 saturated heterocycles. The Morgan fingerprint density at radius 1 is 0.893 bits per heavy atom. The van der Waals surface area contributed by atoms with Crippen LogP contribution in [0, 0.1) is 0 Å². The molecular weight excluding hydrogens is 401 g/mol. The average molecular weight is 410 g/mol. The van der Waals surface area contributed by atoms with Gasteiger partial charge < -0.3 is 8.83 Å². The summed E-state index contributed by atoms with van der Waals surface area (Å²) < 4.78 is 11.5. The van der Waals surface area contributed by atoms with Gasteiger partial charge in [-0.15, -0.1) is 0 Å². The molecule has 136 valence electrons. The molecule has 0 saturated carbocycles. The summed E-state index contributed by atoms with van der Waals surface area (Å²) in [5, 5.41) is 0.447. The maximum atomic E-state index is 12.6. The van der Waals surface area contributed by atoms with Crippen molar-refractivity contribution in [1.29, 1.82) is 0 Å². The molecule has 0 spiro atoms. The maximum absolute atomic E-state index is 12.6. The normalized spacial score (nSPS) is 13.4. The minimum absolute atomic E-state index is 0.00257. The van der Waals surface area contributed by atoms with E-state index < -0.39 is 11.6 Å². The number of aromatic nitrogens is 1. The monoisotopic (exact) mass is 409 g/mol. The Bertz CT molecular complexity index is 1240. The third kappa shape index (κ3) is 2.59. The highest BCUT2D eigenvalue weighted by Crippen LogP contribution is 2.35. The standard InChI is InChI=1S/C21H9Cl2NO4/c22-15-6-12-13(7-16(15)23)21(26)14(20(12)25)4-11-5-18-19(27-11)8-17(28-18)10-2-1-3-24-9-10/h1-9H. The van der Waals surface area contributed by atoms with Crippen molar-refractivity contribution in [2.45, 2.75) is 0 Å². The van der Waals surface area contributed by atoms with Crippen molar-refractivity contribution in [2.75, 3.05) is 0 Å². The Morgan fingerprint density at radius 3 is 2.18 bits per heavy atom. The van der Waals surface area contributed by atoms with Crippen molar-refractivity contribution in [3.63, 3.8) is 0 Å². The zero-order valence-electron chi connectivity index (χ0n) is 14.0. The highest BCUT2D eigenvalue weighted by atomic mass is 35.5. The topological polar surface area (TPSA) is 73.3 Å². The molecule has 0 atom stereocenters. The van der Waals surface area contributed by atoms with Gasteiger partial charge in [-0.25, -0.2) is 0 Å². The van der Waals surface area contributed by atoms with E-state index in [4.69, 9.17) is 32.0 Å². The van der Waals surface area contributed by atoms with Gasteiger partial charge in [-0.1, -0.05) is 23.2 Å². The Morgan fingerprint density at radius 2 is 1.57 bits per heavy atom. The van der Waals surface area contributed by atoms with E-state index in [0.717, 1.165) is 5.56 Å². The molecule has 4 aromatic rings. The second kappa shape index (κ2) is 6.19. The summed E-state index contributed by atoms with van der Waals surface area (Å²) in [6.45, 7) is 0. The average Bonchev–Trinajstić information content (AvgIpc) is 3.31.